The molecule has 1 atom stereocenters. The smallest absolute Gasteiger partial charge is 0.129 e. The fraction of sp³-hybridized carbons (Fsp3) is 0.571. The Hall–Kier alpha value is -1.42. The minimum Gasteiger partial charge on any atom is -0.496 e. The Labute approximate surface area is 108 Å². The van der Waals surface area contributed by atoms with E-state index in [0.29, 0.717) is 6.04 Å². The van der Waals surface area contributed by atoms with Crippen molar-refractivity contribution in [1.82, 2.24) is 5.32 Å². The van der Waals surface area contributed by atoms with E-state index in [1.165, 1.54) is 12.8 Å². The molecule has 1 saturated heterocycles. The molecule has 1 N–H and O–H groups in total. The number of ether oxygens (including phenoxy) is 3. The van der Waals surface area contributed by atoms with Crippen LogP contribution in [0.4, 0.5) is 0 Å². The maximum absolute atomic E-state index is 5.45. The zero-order valence-corrected chi connectivity index (χ0v) is 11.3. The summed E-state index contributed by atoms with van der Waals surface area (Å²) in [7, 11) is 5.01. The summed E-state index contributed by atoms with van der Waals surface area (Å²) < 4.78 is 16.2. The second kappa shape index (κ2) is 5.96. The standard InChI is InChI=1S/C14H21NO3/c1-16-11-8-13(17-2)12(14(9-11)18-3)7-10-5-4-6-15-10/h8-10,15H,4-7H2,1-3H3. The number of methoxy groups -OCH3 is 3. The summed E-state index contributed by atoms with van der Waals surface area (Å²) in [6.45, 7) is 1.10. The van der Waals surface area contributed by atoms with Gasteiger partial charge >= 0.3 is 0 Å². The van der Waals surface area contributed by atoms with Crippen LogP contribution in [0.15, 0.2) is 12.1 Å². The van der Waals surface area contributed by atoms with Crippen LogP contribution in [0, 0.1) is 0 Å². The van der Waals surface area contributed by atoms with Gasteiger partial charge in [-0.1, -0.05) is 0 Å². The van der Waals surface area contributed by atoms with Crippen LogP contribution in [0.1, 0.15) is 18.4 Å². The van der Waals surface area contributed by atoms with E-state index in [1.54, 1.807) is 21.3 Å². The van der Waals surface area contributed by atoms with E-state index in [1.807, 2.05) is 12.1 Å². The second-order valence-electron chi connectivity index (χ2n) is 4.51. The zero-order chi connectivity index (χ0) is 13.0. The van der Waals surface area contributed by atoms with Crippen molar-refractivity contribution in [2.75, 3.05) is 27.9 Å². The molecule has 18 heavy (non-hydrogen) atoms. The first-order valence-corrected chi connectivity index (χ1v) is 6.30. The molecule has 1 aromatic carbocycles. The summed E-state index contributed by atoms with van der Waals surface area (Å²) in [6, 6.07) is 4.33. The maximum atomic E-state index is 5.45. The number of nitrogens with one attached hydrogen (secondary N) is 1. The molecule has 1 aliphatic rings. The van der Waals surface area contributed by atoms with Crippen LogP contribution < -0.4 is 19.5 Å². The van der Waals surface area contributed by atoms with Gasteiger partial charge in [0.05, 0.1) is 21.3 Å². The number of rotatable bonds is 5. The van der Waals surface area contributed by atoms with Crippen molar-refractivity contribution in [3.05, 3.63) is 17.7 Å². The predicted octanol–water partition coefficient (Wildman–Crippen LogP) is 2.01. The van der Waals surface area contributed by atoms with Gasteiger partial charge in [0, 0.05) is 23.7 Å². The molecule has 4 nitrogen and oxygen atoms in total. The third-order valence-electron chi connectivity index (χ3n) is 3.43. The molecule has 1 unspecified atom stereocenters. The molecule has 100 valence electrons. The minimum absolute atomic E-state index is 0.515. The van der Waals surface area contributed by atoms with Gasteiger partial charge in [0.1, 0.15) is 17.2 Å². The van der Waals surface area contributed by atoms with Crippen molar-refractivity contribution >= 4 is 0 Å². The molecular weight excluding hydrogens is 230 g/mol. The van der Waals surface area contributed by atoms with Crippen LogP contribution in [0.2, 0.25) is 0 Å². The molecule has 0 bridgehead atoms. The first kappa shape index (κ1) is 13.0. The van der Waals surface area contributed by atoms with Crippen LogP contribution in [-0.2, 0) is 6.42 Å². The first-order chi connectivity index (χ1) is 8.78. The summed E-state index contributed by atoms with van der Waals surface area (Å²) in [5.74, 6) is 2.42. The number of hydrogen-bond acceptors (Lipinski definition) is 4. The summed E-state index contributed by atoms with van der Waals surface area (Å²) >= 11 is 0. The Morgan fingerprint density at radius 2 is 1.78 bits per heavy atom. The van der Waals surface area contributed by atoms with E-state index < -0.39 is 0 Å². The highest BCUT2D eigenvalue weighted by molar-refractivity contribution is 5.51. The molecule has 0 radical (unpaired) electrons. The van der Waals surface area contributed by atoms with Crippen molar-refractivity contribution in [1.29, 1.82) is 0 Å². The van der Waals surface area contributed by atoms with Crippen molar-refractivity contribution in [3.8, 4) is 17.2 Å². The fourth-order valence-corrected chi connectivity index (χ4v) is 2.46. The monoisotopic (exact) mass is 251 g/mol. The summed E-state index contributed by atoms with van der Waals surface area (Å²) in [6.07, 6.45) is 3.38. The predicted molar refractivity (Wildman–Crippen MR) is 70.8 cm³/mol. The molecule has 1 aliphatic heterocycles. The Kier molecular flexibility index (Phi) is 4.31. The third-order valence-corrected chi connectivity index (χ3v) is 3.43. The van der Waals surface area contributed by atoms with Gasteiger partial charge in [0.15, 0.2) is 0 Å². The van der Waals surface area contributed by atoms with Gasteiger partial charge in [-0.05, 0) is 25.8 Å². The molecule has 0 aromatic heterocycles. The molecule has 0 amide bonds. The van der Waals surface area contributed by atoms with E-state index in [2.05, 4.69) is 5.32 Å². The lowest BCUT2D eigenvalue weighted by Crippen LogP contribution is -2.24. The normalized spacial score (nSPS) is 18.7. The molecular formula is C14H21NO3. The first-order valence-electron chi connectivity index (χ1n) is 6.30. The molecule has 1 heterocycles. The quantitative estimate of drug-likeness (QED) is 0.869. The lowest BCUT2D eigenvalue weighted by molar-refractivity contribution is 0.366. The highest BCUT2D eigenvalue weighted by atomic mass is 16.5. The van der Waals surface area contributed by atoms with Gasteiger partial charge in [-0.3, -0.25) is 0 Å². The molecule has 1 fully saturated rings. The Morgan fingerprint density at radius 1 is 1.11 bits per heavy atom. The average molecular weight is 251 g/mol. The topological polar surface area (TPSA) is 39.7 Å². The molecule has 0 saturated carbocycles. The van der Waals surface area contributed by atoms with Crippen LogP contribution in [0.3, 0.4) is 0 Å². The maximum Gasteiger partial charge on any atom is 0.129 e. The number of hydrogen-bond donors (Lipinski definition) is 1. The summed E-state index contributed by atoms with van der Waals surface area (Å²) in [4.78, 5) is 0. The van der Waals surface area contributed by atoms with Crippen molar-refractivity contribution in [3.63, 3.8) is 0 Å². The van der Waals surface area contributed by atoms with E-state index in [-0.39, 0.29) is 0 Å². The van der Waals surface area contributed by atoms with E-state index in [0.717, 1.165) is 35.8 Å². The highest BCUT2D eigenvalue weighted by Gasteiger charge is 2.20. The Morgan fingerprint density at radius 3 is 2.22 bits per heavy atom. The van der Waals surface area contributed by atoms with Crippen LogP contribution in [0.5, 0.6) is 17.2 Å². The second-order valence-corrected chi connectivity index (χ2v) is 4.51. The van der Waals surface area contributed by atoms with Crippen molar-refractivity contribution in [2.24, 2.45) is 0 Å². The Balaban J connectivity index is 2.29. The largest absolute Gasteiger partial charge is 0.496 e. The van der Waals surface area contributed by atoms with Gasteiger partial charge in [-0.25, -0.2) is 0 Å². The molecule has 2 rings (SSSR count). The van der Waals surface area contributed by atoms with Crippen LogP contribution >= 0.6 is 0 Å². The van der Waals surface area contributed by atoms with Crippen molar-refractivity contribution in [2.45, 2.75) is 25.3 Å². The molecule has 0 spiro atoms. The van der Waals surface area contributed by atoms with Crippen molar-refractivity contribution < 1.29 is 14.2 Å². The highest BCUT2D eigenvalue weighted by Crippen LogP contribution is 2.35. The number of benzene rings is 1. The van der Waals surface area contributed by atoms with Gasteiger partial charge in [0.2, 0.25) is 0 Å². The molecule has 1 aromatic rings. The van der Waals surface area contributed by atoms with E-state index >= 15 is 0 Å². The minimum atomic E-state index is 0.515. The van der Waals surface area contributed by atoms with Gasteiger partial charge < -0.3 is 19.5 Å². The summed E-state index contributed by atoms with van der Waals surface area (Å²) in [5.41, 5.74) is 1.11. The van der Waals surface area contributed by atoms with Gasteiger partial charge in [-0.15, -0.1) is 0 Å². The summed E-state index contributed by atoms with van der Waals surface area (Å²) in [5, 5.41) is 3.49. The van der Waals surface area contributed by atoms with E-state index in [9.17, 15) is 0 Å². The molecule has 4 heteroatoms. The zero-order valence-electron chi connectivity index (χ0n) is 11.3. The van der Waals surface area contributed by atoms with Gasteiger partial charge in [0.25, 0.3) is 0 Å². The average Bonchev–Trinajstić information content (AvgIpc) is 2.91. The van der Waals surface area contributed by atoms with Crippen LogP contribution in [-0.4, -0.2) is 33.9 Å². The SMILES string of the molecule is COc1cc(OC)c(CC2CCCN2)c(OC)c1. The van der Waals surface area contributed by atoms with Crippen LogP contribution in [0.25, 0.3) is 0 Å². The van der Waals surface area contributed by atoms with E-state index in [4.69, 9.17) is 14.2 Å². The molecule has 0 aliphatic carbocycles. The Bertz CT molecular complexity index is 375. The lowest BCUT2D eigenvalue weighted by atomic mass is 10.0. The lowest BCUT2D eigenvalue weighted by Gasteiger charge is -2.18. The van der Waals surface area contributed by atoms with Gasteiger partial charge in [-0.2, -0.15) is 0 Å². The fourth-order valence-electron chi connectivity index (χ4n) is 2.46. The third kappa shape index (κ3) is 2.70.